The third kappa shape index (κ3) is 3.71. The van der Waals surface area contributed by atoms with E-state index in [9.17, 15) is 4.79 Å². The second-order valence-electron chi connectivity index (χ2n) is 5.54. The number of amides is 1. The van der Waals surface area contributed by atoms with Crippen molar-refractivity contribution >= 4 is 5.91 Å². The van der Waals surface area contributed by atoms with E-state index in [-0.39, 0.29) is 0 Å². The normalized spacial score (nSPS) is 13.3. The van der Waals surface area contributed by atoms with Gasteiger partial charge in [0.25, 0.3) is 5.91 Å². The van der Waals surface area contributed by atoms with E-state index >= 15 is 0 Å². The molecular weight excluding hydrogens is 290 g/mol. The highest BCUT2D eigenvalue weighted by molar-refractivity contribution is 5.85. The second kappa shape index (κ2) is 7.29. The van der Waals surface area contributed by atoms with Crippen molar-refractivity contribution < 1.29 is 14.3 Å². The van der Waals surface area contributed by atoms with Crippen molar-refractivity contribution in [2.75, 3.05) is 7.11 Å². The Hall–Kier alpha value is -2.33. The number of hydrogen-bond donors (Lipinski definition) is 1. The zero-order valence-corrected chi connectivity index (χ0v) is 13.8. The quantitative estimate of drug-likeness (QED) is 0.854. The number of methoxy groups -OCH3 is 1. The molecule has 0 radical (unpaired) electrons. The van der Waals surface area contributed by atoms with E-state index in [4.69, 9.17) is 15.2 Å². The average molecular weight is 313 g/mol. The van der Waals surface area contributed by atoms with E-state index in [1.54, 1.807) is 6.92 Å². The van der Waals surface area contributed by atoms with E-state index in [1.165, 1.54) is 12.7 Å². The second-order valence-corrected chi connectivity index (χ2v) is 5.54. The summed E-state index contributed by atoms with van der Waals surface area (Å²) in [6.45, 7) is 4.12. The van der Waals surface area contributed by atoms with Crippen molar-refractivity contribution in [3.05, 3.63) is 65.2 Å². The molecular formula is C19H23NO3. The van der Waals surface area contributed by atoms with Crippen LogP contribution >= 0.6 is 0 Å². The molecule has 2 aromatic carbocycles. The Balaban J connectivity index is 2.21. The van der Waals surface area contributed by atoms with Gasteiger partial charge in [0.05, 0.1) is 0 Å². The molecule has 0 aromatic heterocycles. The van der Waals surface area contributed by atoms with E-state index in [2.05, 4.69) is 6.92 Å². The number of benzene rings is 2. The predicted molar refractivity (Wildman–Crippen MR) is 90.1 cm³/mol. The minimum absolute atomic E-state index is 0.341. The van der Waals surface area contributed by atoms with Gasteiger partial charge >= 0.3 is 0 Å². The maximum absolute atomic E-state index is 11.8. The van der Waals surface area contributed by atoms with Crippen LogP contribution in [0.5, 0.6) is 5.75 Å². The van der Waals surface area contributed by atoms with Gasteiger partial charge in [0.2, 0.25) is 0 Å². The lowest BCUT2D eigenvalue weighted by atomic mass is 9.91. The first-order chi connectivity index (χ1) is 11.0. The predicted octanol–water partition coefficient (Wildman–Crippen LogP) is 3.17. The minimum Gasteiger partial charge on any atom is -0.489 e. The van der Waals surface area contributed by atoms with Crippen LogP contribution in [0, 0.1) is 0 Å². The fourth-order valence-electron chi connectivity index (χ4n) is 2.44. The lowest BCUT2D eigenvalue weighted by Crippen LogP contribution is -2.41. The van der Waals surface area contributed by atoms with Crippen LogP contribution in [0.4, 0.5) is 0 Å². The molecule has 2 rings (SSSR count). The molecule has 4 heteroatoms. The van der Waals surface area contributed by atoms with Gasteiger partial charge in [0, 0.05) is 7.11 Å². The monoisotopic (exact) mass is 313 g/mol. The van der Waals surface area contributed by atoms with Crippen LogP contribution in [-0.2, 0) is 28.2 Å². The zero-order chi connectivity index (χ0) is 16.9. The minimum atomic E-state index is -1.17. The summed E-state index contributed by atoms with van der Waals surface area (Å²) in [5.74, 6) is 0.259. The lowest BCUT2D eigenvalue weighted by molar-refractivity contribution is -0.139. The molecule has 1 unspecified atom stereocenters. The summed E-state index contributed by atoms with van der Waals surface area (Å²) < 4.78 is 11.2. The largest absolute Gasteiger partial charge is 0.489 e. The number of carbonyl (C=O) groups is 1. The highest BCUT2D eigenvalue weighted by Crippen LogP contribution is 2.28. The fourth-order valence-corrected chi connectivity index (χ4v) is 2.44. The number of aryl methyl sites for hydroxylation is 1. The third-order valence-electron chi connectivity index (χ3n) is 4.14. The number of ether oxygens (including phenoxy) is 2. The molecule has 0 saturated heterocycles. The van der Waals surface area contributed by atoms with Crippen molar-refractivity contribution in [2.45, 2.75) is 32.5 Å². The van der Waals surface area contributed by atoms with Crippen LogP contribution in [0.15, 0.2) is 48.5 Å². The number of hydrogen-bond acceptors (Lipinski definition) is 3. The molecule has 0 bridgehead atoms. The number of rotatable bonds is 7. The lowest BCUT2D eigenvalue weighted by Gasteiger charge is -2.27. The van der Waals surface area contributed by atoms with E-state index in [1.807, 2.05) is 48.5 Å². The number of primary amides is 1. The van der Waals surface area contributed by atoms with Crippen molar-refractivity contribution in [1.29, 1.82) is 0 Å². The Morgan fingerprint density at radius 3 is 2.35 bits per heavy atom. The maximum atomic E-state index is 11.8. The number of nitrogens with two attached hydrogens (primary N) is 1. The molecule has 0 aliphatic carbocycles. The summed E-state index contributed by atoms with van der Waals surface area (Å²) in [5.41, 5.74) is 7.20. The summed E-state index contributed by atoms with van der Waals surface area (Å²) in [6, 6.07) is 15.5. The molecule has 0 heterocycles. The molecule has 122 valence electrons. The van der Waals surface area contributed by atoms with Crippen molar-refractivity contribution in [3.63, 3.8) is 0 Å². The van der Waals surface area contributed by atoms with E-state index in [0.717, 1.165) is 23.3 Å². The van der Waals surface area contributed by atoms with Crippen LogP contribution < -0.4 is 10.5 Å². The van der Waals surface area contributed by atoms with Crippen LogP contribution in [0.2, 0.25) is 0 Å². The van der Waals surface area contributed by atoms with Gasteiger partial charge in [-0.2, -0.15) is 0 Å². The van der Waals surface area contributed by atoms with Crippen LogP contribution in [0.3, 0.4) is 0 Å². The summed E-state index contributed by atoms with van der Waals surface area (Å²) in [6.07, 6.45) is 0.994. The van der Waals surface area contributed by atoms with Crippen LogP contribution in [-0.4, -0.2) is 13.0 Å². The Morgan fingerprint density at radius 2 is 1.78 bits per heavy atom. The molecule has 0 saturated carbocycles. The molecule has 0 aliphatic heterocycles. The standard InChI is InChI=1S/C19H23NO3/c1-4-14-9-11-16(12-10-14)23-13-15-7-5-6-8-17(15)19(2,22-3)18(20)21/h5-12H,4,13H2,1-3H3,(H2,20,21). The van der Waals surface area contributed by atoms with Crippen molar-refractivity contribution in [2.24, 2.45) is 5.73 Å². The average Bonchev–Trinajstić information content (AvgIpc) is 2.59. The first-order valence-electron chi connectivity index (χ1n) is 7.66. The van der Waals surface area contributed by atoms with E-state index < -0.39 is 11.5 Å². The van der Waals surface area contributed by atoms with Crippen molar-refractivity contribution in [1.82, 2.24) is 0 Å². The molecule has 0 aliphatic rings. The highest BCUT2D eigenvalue weighted by atomic mass is 16.5. The summed E-state index contributed by atoms with van der Waals surface area (Å²) in [7, 11) is 1.48. The van der Waals surface area contributed by atoms with Crippen molar-refractivity contribution in [3.8, 4) is 5.75 Å². The molecule has 2 N–H and O–H groups in total. The Kier molecular flexibility index (Phi) is 5.40. The van der Waals surface area contributed by atoms with Crippen LogP contribution in [0.25, 0.3) is 0 Å². The highest BCUT2D eigenvalue weighted by Gasteiger charge is 2.35. The third-order valence-corrected chi connectivity index (χ3v) is 4.14. The fraction of sp³-hybridized carbons (Fsp3) is 0.316. The van der Waals surface area contributed by atoms with Gasteiger partial charge in [-0.25, -0.2) is 0 Å². The van der Waals surface area contributed by atoms with Gasteiger partial charge in [-0.05, 0) is 42.2 Å². The maximum Gasteiger partial charge on any atom is 0.254 e. The van der Waals surface area contributed by atoms with Gasteiger partial charge in [-0.1, -0.05) is 43.3 Å². The summed E-state index contributed by atoms with van der Waals surface area (Å²) >= 11 is 0. The van der Waals surface area contributed by atoms with Gasteiger partial charge < -0.3 is 15.2 Å². The molecule has 0 spiro atoms. The topological polar surface area (TPSA) is 61.6 Å². The van der Waals surface area contributed by atoms with Gasteiger partial charge in [0.15, 0.2) is 5.60 Å². The molecule has 1 amide bonds. The van der Waals surface area contributed by atoms with Gasteiger partial charge in [-0.15, -0.1) is 0 Å². The van der Waals surface area contributed by atoms with E-state index in [0.29, 0.717) is 6.61 Å². The van der Waals surface area contributed by atoms with Crippen LogP contribution in [0.1, 0.15) is 30.5 Å². The molecule has 0 fully saturated rings. The molecule has 4 nitrogen and oxygen atoms in total. The first kappa shape index (κ1) is 17.0. The SMILES string of the molecule is CCc1ccc(OCc2ccccc2C(C)(OC)C(N)=O)cc1. The summed E-state index contributed by atoms with van der Waals surface area (Å²) in [4.78, 5) is 11.8. The Bertz CT molecular complexity index is 667. The number of carbonyl (C=O) groups excluding carboxylic acids is 1. The molecule has 1 atom stereocenters. The molecule has 23 heavy (non-hydrogen) atoms. The first-order valence-corrected chi connectivity index (χ1v) is 7.66. The molecule has 2 aromatic rings. The summed E-state index contributed by atoms with van der Waals surface area (Å²) in [5, 5.41) is 0. The van der Waals surface area contributed by atoms with Gasteiger partial charge in [-0.3, -0.25) is 4.79 Å². The smallest absolute Gasteiger partial charge is 0.254 e. The van der Waals surface area contributed by atoms with Gasteiger partial charge in [0.1, 0.15) is 12.4 Å². The Morgan fingerprint density at radius 1 is 1.13 bits per heavy atom. The zero-order valence-electron chi connectivity index (χ0n) is 13.8. The Labute approximate surface area is 137 Å².